The third kappa shape index (κ3) is 4.54. The first-order chi connectivity index (χ1) is 8.19. The Morgan fingerprint density at radius 3 is 2.39 bits per heavy atom. The Morgan fingerprint density at radius 1 is 1.33 bits per heavy atom. The van der Waals surface area contributed by atoms with Gasteiger partial charge in [0, 0.05) is 11.7 Å². The van der Waals surface area contributed by atoms with Crippen molar-refractivity contribution in [1.82, 2.24) is 5.32 Å². The van der Waals surface area contributed by atoms with Gasteiger partial charge in [0.05, 0.1) is 16.8 Å². The molecule has 0 aromatic heterocycles. The van der Waals surface area contributed by atoms with Gasteiger partial charge in [-0.2, -0.15) is 0 Å². The van der Waals surface area contributed by atoms with Crippen molar-refractivity contribution in [2.24, 2.45) is 0 Å². The molecule has 18 heavy (non-hydrogen) atoms. The molecule has 0 bridgehead atoms. The lowest BCUT2D eigenvalue weighted by molar-refractivity contribution is 0.0943. The highest BCUT2D eigenvalue weighted by molar-refractivity contribution is 7.92. The lowest BCUT2D eigenvalue weighted by atomic mass is 10.2. The maximum absolute atomic E-state index is 11.7. The molecular formula is C11H15ClN2O3S. The lowest BCUT2D eigenvalue weighted by Crippen LogP contribution is -2.30. The fourth-order valence-corrected chi connectivity index (χ4v) is 2.14. The van der Waals surface area contributed by atoms with Crippen LogP contribution >= 0.6 is 11.6 Å². The molecule has 0 aliphatic carbocycles. The van der Waals surface area contributed by atoms with Crippen molar-refractivity contribution in [3.8, 4) is 0 Å². The average molecular weight is 291 g/mol. The molecule has 7 heteroatoms. The van der Waals surface area contributed by atoms with Crippen LogP contribution in [0, 0.1) is 0 Å². The molecule has 0 atom stereocenters. The summed E-state index contributed by atoms with van der Waals surface area (Å²) in [4.78, 5) is 11.7. The summed E-state index contributed by atoms with van der Waals surface area (Å²) in [5.74, 6) is -0.291. The summed E-state index contributed by atoms with van der Waals surface area (Å²) in [6.07, 6.45) is 1.04. The molecular weight excluding hydrogens is 276 g/mol. The fourth-order valence-electron chi connectivity index (χ4n) is 1.32. The molecule has 1 amide bonds. The van der Waals surface area contributed by atoms with Crippen LogP contribution in [0.3, 0.4) is 0 Å². The molecule has 0 aliphatic heterocycles. The van der Waals surface area contributed by atoms with Gasteiger partial charge in [0.25, 0.3) is 5.91 Å². The third-order valence-electron chi connectivity index (χ3n) is 1.94. The highest BCUT2D eigenvalue weighted by atomic mass is 35.5. The monoisotopic (exact) mass is 290 g/mol. The minimum atomic E-state index is -3.36. The molecule has 0 saturated carbocycles. The summed E-state index contributed by atoms with van der Waals surface area (Å²) < 4.78 is 24.4. The van der Waals surface area contributed by atoms with Gasteiger partial charge in [0.15, 0.2) is 0 Å². The van der Waals surface area contributed by atoms with Crippen LogP contribution in [0.2, 0.25) is 5.02 Å². The Kier molecular flexibility index (Phi) is 4.59. The van der Waals surface area contributed by atoms with Crippen molar-refractivity contribution < 1.29 is 13.2 Å². The van der Waals surface area contributed by atoms with Gasteiger partial charge in [-0.05, 0) is 32.0 Å². The molecule has 5 nitrogen and oxygen atoms in total. The van der Waals surface area contributed by atoms with Crippen LogP contribution in [0.5, 0.6) is 0 Å². The van der Waals surface area contributed by atoms with E-state index in [0.717, 1.165) is 6.26 Å². The lowest BCUT2D eigenvalue weighted by Gasteiger charge is -2.11. The van der Waals surface area contributed by atoms with E-state index < -0.39 is 10.0 Å². The number of benzene rings is 1. The Bertz CT molecular complexity index is 555. The summed E-state index contributed by atoms with van der Waals surface area (Å²) in [6, 6.07) is 4.37. The molecule has 2 N–H and O–H groups in total. The average Bonchev–Trinajstić information content (AvgIpc) is 2.13. The van der Waals surface area contributed by atoms with Crippen LogP contribution in [-0.4, -0.2) is 26.6 Å². The maximum Gasteiger partial charge on any atom is 0.252 e. The predicted octanol–water partition coefficient (Wildman–Crippen LogP) is 1.85. The molecule has 1 aromatic rings. The van der Waals surface area contributed by atoms with Crippen molar-refractivity contribution in [3.63, 3.8) is 0 Å². The minimum absolute atomic E-state index is 0.00221. The molecule has 0 spiro atoms. The van der Waals surface area contributed by atoms with E-state index in [-0.39, 0.29) is 17.0 Å². The molecule has 1 aromatic carbocycles. The van der Waals surface area contributed by atoms with Gasteiger partial charge in [-0.25, -0.2) is 8.42 Å². The largest absolute Gasteiger partial charge is 0.350 e. The molecule has 0 fully saturated rings. The van der Waals surface area contributed by atoms with Crippen LogP contribution in [0.1, 0.15) is 24.2 Å². The van der Waals surface area contributed by atoms with E-state index in [2.05, 4.69) is 10.0 Å². The van der Waals surface area contributed by atoms with E-state index >= 15 is 0 Å². The zero-order chi connectivity index (χ0) is 13.9. The van der Waals surface area contributed by atoms with Crippen LogP contribution in [0.15, 0.2) is 18.2 Å². The number of amides is 1. The zero-order valence-electron chi connectivity index (χ0n) is 10.3. The van der Waals surface area contributed by atoms with E-state index in [9.17, 15) is 13.2 Å². The van der Waals surface area contributed by atoms with Gasteiger partial charge >= 0.3 is 0 Å². The first-order valence-corrected chi connectivity index (χ1v) is 7.54. The van der Waals surface area contributed by atoms with Crippen molar-refractivity contribution in [2.75, 3.05) is 11.0 Å². The summed E-state index contributed by atoms with van der Waals surface area (Å²) in [6.45, 7) is 3.68. The van der Waals surface area contributed by atoms with Crippen LogP contribution < -0.4 is 10.0 Å². The minimum Gasteiger partial charge on any atom is -0.350 e. The second-order valence-electron chi connectivity index (χ2n) is 4.20. The Hall–Kier alpha value is -1.27. The summed E-state index contributed by atoms with van der Waals surface area (Å²) in [5.41, 5.74) is 0.632. The maximum atomic E-state index is 11.7. The number of sulfonamides is 1. The topological polar surface area (TPSA) is 75.3 Å². The number of carbonyl (C=O) groups excluding carboxylic acids is 1. The van der Waals surface area contributed by atoms with Gasteiger partial charge < -0.3 is 5.32 Å². The zero-order valence-corrected chi connectivity index (χ0v) is 11.9. The number of anilines is 1. The molecule has 1 rings (SSSR count). The number of rotatable bonds is 4. The Morgan fingerprint density at radius 2 is 1.94 bits per heavy atom. The number of hydrogen-bond donors (Lipinski definition) is 2. The molecule has 0 unspecified atom stereocenters. The van der Waals surface area contributed by atoms with Crippen LogP contribution in [-0.2, 0) is 10.0 Å². The van der Waals surface area contributed by atoms with Gasteiger partial charge in [-0.1, -0.05) is 11.6 Å². The van der Waals surface area contributed by atoms with Gasteiger partial charge in [0.2, 0.25) is 10.0 Å². The number of halogens is 1. The van der Waals surface area contributed by atoms with Crippen molar-refractivity contribution >= 4 is 33.2 Å². The first-order valence-electron chi connectivity index (χ1n) is 5.27. The van der Waals surface area contributed by atoms with Crippen molar-refractivity contribution in [1.29, 1.82) is 0 Å². The van der Waals surface area contributed by atoms with Crippen LogP contribution in [0.4, 0.5) is 5.69 Å². The molecule has 0 aliphatic rings. The quantitative estimate of drug-likeness (QED) is 0.888. The number of nitrogens with one attached hydrogen (secondary N) is 2. The predicted molar refractivity (Wildman–Crippen MR) is 72.5 cm³/mol. The molecule has 100 valence electrons. The molecule has 0 saturated heterocycles. The van der Waals surface area contributed by atoms with Crippen molar-refractivity contribution in [3.05, 3.63) is 28.8 Å². The second kappa shape index (κ2) is 5.58. The standard InChI is InChI=1S/C11H15ClN2O3S/c1-7(2)13-11(15)9-5-4-8(6-10(9)12)14-18(3,16)17/h4-7,14H,1-3H3,(H,13,15). The fraction of sp³-hybridized carbons (Fsp3) is 0.364. The normalized spacial score (nSPS) is 11.4. The van der Waals surface area contributed by atoms with Gasteiger partial charge in [-0.15, -0.1) is 0 Å². The molecule has 0 heterocycles. The SMILES string of the molecule is CC(C)NC(=O)c1ccc(NS(C)(=O)=O)cc1Cl. The summed E-state index contributed by atoms with van der Waals surface area (Å²) in [7, 11) is -3.36. The second-order valence-corrected chi connectivity index (χ2v) is 6.35. The first kappa shape index (κ1) is 14.8. The number of hydrogen-bond acceptors (Lipinski definition) is 3. The van der Waals surface area contributed by atoms with E-state index in [1.54, 1.807) is 0 Å². The van der Waals surface area contributed by atoms with E-state index in [1.807, 2.05) is 13.8 Å². The van der Waals surface area contributed by atoms with Gasteiger partial charge in [0.1, 0.15) is 0 Å². The summed E-state index contributed by atoms with van der Waals surface area (Å²) in [5, 5.41) is 2.90. The van der Waals surface area contributed by atoms with E-state index in [1.165, 1.54) is 18.2 Å². The van der Waals surface area contributed by atoms with Crippen molar-refractivity contribution in [2.45, 2.75) is 19.9 Å². The summed E-state index contributed by atoms with van der Waals surface area (Å²) >= 11 is 5.94. The number of carbonyl (C=O) groups is 1. The van der Waals surface area contributed by atoms with Gasteiger partial charge in [-0.3, -0.25) is 9.52 Å². The highest BCUT2D eigenvalue weighted by Crippen LogP contribution is 2.21. The smallest absolute Gasteiger partial charge is 0.252 e. The third-order valence-corrected chi connectivity index (χ3v) is 2.86. The van der Waals surface area contributed by atoms with E-state index in [0.29, 0.717) is 11.3 Å². The van der Waals surface area contributed by atoms with Crippen LogP contribution in [0.25, 0.3) is 0 Å². The highest BCUT2D eigenvalue weighted by Gasteiger charge is 2.12. The Balaban J connectivity index is 2.96. The molecule has 0 radical (unpaired) electrons. The van der Waals surface area contributed by atoms with E-state index in [4.69, 9.17) is 11.6 Å². The Labute approximate surface area is 112 Å².